The lowest BCUT2D eigenvalue weighted by Crippen LogP contribution is -2.35. The number of carbonyl (C=O) groups excluding carboxylic acids is 1. The Bertz CT molecular complexity index is 437. The molecule has 0 aromatic carbocycles. The monoisotopic (exact) mass is 193 g/mol. The second-order valence-electron chi connectivity index (χ2n) is 4.14. The van der Waals surface area contributed by atoms with Crippen LogP contribution in [0.4, 0.5) is 4.79 Å². The zero-order valence-corrected chi connectivity index (χ0v) is 8.83. The molecule has 1 aromatic rings. The minimum absolute atomic E-state index is 0.419. The molecule has 1 aromatic heterocycles. The molecular formula is C11H15NO2. The lowest BCUT2D eigenvalue weighted by atomic mass is 10.2. The zero-order chi connectivity index (χ0) is 10.9. The van der Waals surface area contributed by atoms with Crippen molar-refractivity contribution in [1.82, 2.24) is 4.57 Å². The van der Waals surface area contributed by atoms with Crippen LogP contribution in [-0.2, 0) is 4.74 Å². The van der Waals surface area contributed by atoms with Crippen LogP contribution in [-0.4, -0.2) is 16.3 Å². The van der Waals surface area contributed by atoms with Gasteiger partial charge in [-0.05, 0) is 32.1 Å². The molecule has 0 saturated heterocycles. The Kier molecular flexibility index (Phi) is 2.51. The molecule has 0 unspecified atom stereocenters. The van der Waals surface area contributed by atoms with Crippen molar-refractivity contribution in [2.75, 3.05) is 0 Å². The van der Waals surface area contributed by atoms with E-state index in [1.54, 1.807) is 12.3 Å². The van der Waals surface area contributed by atoms with Gasteiger partial charge in [0.2, 0.25) is 0 Å². The van der Waals surface area contributed by atoms with E-state index in [1.807, 2.05) is 20.8 Å². The fourth-order valence-corrected chi connectivity index (χ4v) is 0.988. The lowest BCUT2D eigenvalue weighted by Gasteiger charge is -2.19. The van der Waals surface area contributed by atoms with Crippen LogP contribution in [0.3, 0.4) is 0 Å². The third-order valence-electron chi connectivity index (χ3n) is 1.68. The van der Waals surface area contributed by atoms with E-state index >= 15 is 0 Å². The molecule has 0 saturated carbocycles. The maximum absolute atomic E-state index is 11.6. The molecule has 0 aliphatic heterocycles. The summed E-state index contributed by atoms with van der Waals surface area (Å²) < 4.78 is 6.53. The molecule has 1 rings (SSSR count). The van der Waals surface area contributed by atoms with Crippen LogP contribution in [0.1, 0.15) is 20.8 Å². The van der Waals surface area contributed by atoms with Crippen LogP contribution in [0.2, 0.25) is 0 Å². The van der Waals surface area contributed by atoms with Crippen LogP contribution in [0.5, 0.6) is 0 Å². The van der Waals surface area contributed by atoms with Crippen LogP contribution in [0.15, 0.2) is 12.3 Å². The molecular weight excluding hydrogens is 178 g/mol. The van der Waals surface area contributed by atoms with Gasteiger partial charge in [-0.15, -0.1) is 0 Å². The van der Waals surface area contributed by atoms with Gasteiger partial charge >= 0.3 is 6.09 Å². The van der Waals surface area contributed by atoms with E-state index < -0.39 is 11.7 Å². The van der Waals surface area contributed by atoms with Crippen LogP contribution in [0, 0.1) is 0 Å². The van der Waals surface area contributed by atoms with Crippen molar-refractivity contribution in [3.05, 3.63) is 22.8 Å². The summed E-state index contributed by atoms with van der Waals surface area (Å²) >= 11 is 0. The second-order valence-corrected chi connectivity index (χ2v) is 4.14. The van der Waals surface area contributed by atoms with Crippen molar-refractivity contribution in [3.8, 4) is 0 Å². The van der Waals surface area contributed by atoms with Gasteiger partial charge in [0.25, 0.3) is 0 Å². The van der Waals surface area contributed by atoms with Gasteiger partial charge in [0, 0.05) is 6.20 Å². The fraction of sp³-hybridized carbons (Fsp3) is 0.364. The molecule has 76 valence electrons. The molecule has 0 aliphatic rings. The highest BCUT2D eigenvalue weighted by molar-refractivity contribution is 5.71. The average Bonchev–Trinajstić information content (AvgIpc) is 2.29. The van der Waals surface area contributed by atoms with Crippen LogP contribution >= 0.6 is 0 Å². The molecule has 3 nitrogen and oxygen atoms in total. The van der Waals surface area contributed by atoms with E-state index in [1.165, 1.54) is 4.57 Å². The van der Waals surface area contributed by atoms with Gasteiger partial charge < -0.3 is 4.74 Å². The van der Waals surface area contributed by atoms with E-state index in [4.69, 9.17) is 4.74 Å². The Morgan fingerprint density at radius 2 is 2.00 bits per heavy atom. The minimum Gasteiger partial charge on any atom is -0.443 e. The third kappa shape index (κ3) is 2.25. The predicted molar refractivity (Wildman–Crippen MR) is 56.4 cm³/mol. The SMILES string of the molecule is C=c1ccn(C(=O)OC(C)(C)C)c1=C. The summed E-state index contributed by atoms with van der Waals surface area (Å²) in [6, 6.07) is 1.73. The number of hydrogen-bond donors (Lipinski definition) is 0. The van der Waals surface area contributed by atoms with E-state index in [9.17, 15) is 4.79 Å². The quantitative estimate of drug-likeness (QED) is 0.617. The zero-order valence-electron chi connectivity index (χ0n) is 8.83. The molecule has 0 fully saturated rings. The molecule has 0 bridgehead atoms. The topological polar surface area (TPSA) is 31.2 Å². The Hall–Kier alpha value is -1.51. The van der Waals surface area contributed by atoms with Crippen molar-refractivity contribution in [2.24, 2.45) is 0 Å². The number of aromatic nitrogens is 1. The van der Waals surface area contributed by atoms with E-state index in [0.717, 1.165) is 5.22 Å². The highest BCUT2D eigenvalue weighted by Crippen LogP contribution is 2.07. The van der Waals surface area contributed by atoms with Gasteiger partial charge in [-0.2, -0.15) is 0 Å². The van der Waals surface area contributed by atoms with Crippen molar-refractivity contribution in [3.63, 3.8) is 0 Å². The first kappa shape index (κ1) is 10.6. The summed E-state index contributed by atoms with van der Waals surface area (Å²) in [6.07, 6.45) is 1.19. The normalized spacial score (nSPS) is 11.4. The van der Waals surface area contributed by atoms with Gasteiger partial charge in [-0.3, -0.25) is 4.57 Å². The molecule has 0 spiro atoms. The standard InChI is InChI=1S/C11H15NO2/c1-8-6-7-12(9(8)2)10(13)14-11(3,4)5/h6-7H,1-2H2,3-5H3. The largest absolute Gasteiger partial charge is 0.443 e. The Labute approximate surface area is 83.3 Å². The molecule has 0 atom stereocenters. The first-order valence-electron chi connectivity index (χ1n) is 4.40. The minimum atomic E-state index is -0.491. The van der Waals surface area contributed by atoms with Crippen molar-refractivity contribution in [2.45, 2.75) is 26.4 Å². The highest BCUT2D eigenvalue weighted by Gasteiger charge is 2.17. The van der Waals surface area contributed by atoms with Crippen molar-refractivity contribution in [1.29, 1.82) is 0 Å². The van der Waals surface area contributed by atoms with Crippen molar-refractivity contribution < 1.29 is 9.53 Å². The Balaban J connectivity index is 2.97. The summed E-state index contributed by atoms with van der Waals surface area (Å²) in [6.45, 7) is 12.9. The first-order chi connectivity index (χ1) is 6.31. The smallest absolute Gasteiger partial charge is 0.418 e. The van der Waals surface area contributed by atoms with Gasteiger partial charge in [-0.25, -0.2) is 4.79 Å². The summed E-state index contributed by atoms with van der Waals surface area (Å²) in [4.78, 5) is 11.6. The highest BCUT2D eigenvalue weighted by atomic mass is 16.6. The number of nitrogens with zero attached hydrogens (tertiary/aromatic N) is 1. The predicted octanol–water partition coefficient (Wildman–Crippen LogP) is 1.09. The second kappa shape index (κ2) is 3.33. The van der Waals surface area contributed by atoms with Crippen LogP contribution < -0.4 is 10.6 Å². The molecule has 0 amide bonds. The number of carbonyl (C=O) groups is 1. The maximum Gasteiger partial charge on any atom is 0.418 e. The van der Waals surface area contributed by atoms with Gasteiger partial charge in [-0.1, -0.05) is 13.2 Å². The van der Waals surface area contributed by atoms with Gasteiger partial charge in [0.1, 0.15) is 5.60 Å². The Morgan fingerprint density at radius 1 is 1.43 bits per heavy atom. The van der Waals surface area contributed by atoms with E-state index in [-0.39, 0.29) is 0 Å². The molecule has 1 heterocycles. The fourth-order valence-electron chi connectivity index (χ4n) is 0.988. The number of hydrogen-bond acceptors (Lipinski definition) is 2. The first-order valence-corrected chi connectivity index (χ1v) is 4.40. The number of ether oxygens (including phenoxy) is 1. The lowest BCUT2D eigenvalue weighted by molar-refractivity contribution is 0.0533. The molecule has 14 heavy (non-hydrogen) atoms. The average molecular weight is 193 g/mol. The summed E-state index contributed by atoms with van der Waals surface area (Å²) in [7, 11) is 0. The molecule has 3 heteroatoms. The summed E-state index contributed by atoms with van der Waals surface area (Å²) in [5.41, 5.74) is -0.491. The van der Waals surface area contributed by atoms with Crippen LogP contribution in [0.25, 0.3) is 13.2 Å². The van der Waals surface area contributed by atoms with Gasteiger partial charge in [0.05, 0.1) is 5.35 Å². The summed E-state index contributed by atoms with van der Waals surface area (Å²) in [5.74, 6) is 0. The maximum atomic E-state index is 11.6. The van der Waals surface area contributed by atoms with Crippen molar-refractivity contribution >= 4 is 19.3 Å². The van der Waals surface area contributed by atoms with E-state index in [2.05, 4.69) is 13.2 Å². The van der Waals surface area contributed by atoms with E-state index in [0.29, 0.717) is 5.35 Å². The third-order valence-corrected chi connectivity index (χ3v) is 1.68. The van der Waals surface area contributed by atoms with Gasteiger partial charge in [0.15, 0.2) is 0 Å². The number of rotatable bonds is 0. The Morgan fingerprint density at radius 3 is 2.36 bits per heavy atom. The summed E-state index contributed by atoms with van der Waals surface area (Å²) in [5, 5.41) is 1.30. The molecule has 0 aliphatic carbocycles. The molecule has 0 radical (unpaired) electrons. The molecule has 0 N–H and O–H groups in total.